The van der Waals surface area contributed by atoms with Gasteiger partial charge in [0.2, 0.25) is 11.8 Å². The van der Waals surface area contributed by atoms with Gasteiger partial charge in [0.15, 0.2) is 5.82 Å². The van der Waals surface area contributed by atoms with Crippen LogP contribution in [0.5, 0.6) is 0 Å². The van der Waals surface area contributed by atoms with Gasteiger partial charge in [-0.15, -0.1) is 0 Å². The average Bonchev–Trinajstić information content (AvgIpc) is 3.84. The Morgan fingerprint density at radius 3 is 2.53 bits per heavy atom. The predicted molar refractivity (Wildman–Crippen MR) is 176 cm³/mol. The highest BCUT2D eigenvalue weighted by atomic mass is 16.2. The minimum Gasteiger partial charge on any atom is -0.338 e. The first kappa shape index (κ1) is 28.4. The van der Waals surface area contributed by atoms with E-state index >= 15 is 0 Å². The van der Waals surface area contributed by atoms with Crippen LogP contribution in [0.2, 0.25) is 0 Å². The molecule has 238 valence electrons. The number of aryl methyl sites for hydroxylation is 1. The van der Waals surface area contributed by atoms with Gasteiger partial charge in [0.05, 0.1) is 29.0 Å². The monoisotopic (exact) mass is 627 g/mol. The summed E-state index contributed by atoms with van der Waals surface area (Å²) in [6.45, 7) is 3.70. The molecule has 1 spiro atoms. The van der Waals surface area contributed by atoms with Gasteiger partial charge in [-0.3, -0.25) is 24.3 Å². The standard InChI is InChI=1S/C36H37N9O2/c1-42-23-38-32(41-42)26-4-2-24(3-5-26)25-8-12-44(13-9-25)30(46)17-43-14-10-35(22-43)11-15-45(33(35)47)27-6-7-29-28(16-27)31(40-39-29)36-18-34(19-36,20-36)21-37/h2-8,16,23H,9-15,17-20,22H2,1H3,(H,39,40)/t34?,35-,36?/m0/s1. The van der Waals surface area contributed by atoms with Crippen LogP contribution in [0, 0.1) is 22.2 Å². The first-order valence-electron chi connectivity index (χ1n) is 16.7. The Bertz CT molecular complexity index is 2000. The van der Waals surface area contributed by atoms with Crippen LogP contribution in [0.15, 0.2) is 54.9 Å². The van der Waals surface area contributed by atoms with E-state index in [1.807, 2.05) is 41.1 Å². The molecule has 2 amide bonds. The molecule has 5 heterocycles. The Kier molecular flexibility index (Phi) is 6.10. The molecule has 47 heavy (non-hydrogen) atoms. The number of aromatic nitrogens is 5. The van der Waals surface area contributed by atoms with Crippen LogP contribution in [0.25, 0.3) is 27.9 Å². The summed E-state index contributed by atoms with van der Waals surface area (Å²) in [5.74, 6) is 1.01. The molecule has 10 rings (SSSR count). The van der Waals surface area contributed by atoms with Crippen molar-refractivity contribution in [3.05, 3.63) is 66.1 Å². The maximum Gasteiger partial charge on any atom is 0.237 e. The fourth-order valence-electron chi connectivity index (χ4n) is 9.03. The summed E-state index contributed by atoms with van der Waals surface area (Å²) in [6, 6.07) is 16.9. The van der Waals surface area contributed by atoms with E-state index in [1.165, 1.54) is 5.57 Å². The highest BCUT2D eigenvalue weighted by Gasteiger charge is 2.70. The van der Waals surface area contributed by atoms with Gasteiger partial charge < -0.3 is 9.80 Å². The van der Waals surface area contributed by atoms with Crippen LogP contribution in [-0.2, 0) is 22.1 Å². The molecule has 2 saturated heterocycles. The van der Waals surface area contributed by atoms with E-state index in [-0.39, 0.29) is 22.6 Å². The van der Waals surface area contributed by atoms with Gasteiger partial charge in [-0.2, -0.15) is 15.5 Å². The zero-order valence-electron chi connectivity index (χ0n) is 26.6. The molecule has 11 heteroatoms. The molecular formula is C36H37N9O2. The average molecular weight is 628 g/mol. The van der Waals surface area contributed by atoms with Crippen molar-refractivity contribution in [1.29, 1.82) is 5.26 Å². The summed E-state index contributed by atoms with van der Waals surface area (Å²) < 4.78 is 1.70. The van der Waals surface area contributed by atoms with Crippen LogP contribution >= 0.6 is 0 Å². The summed E-state index contributed by atoms with van der Waals surface area (Å²) in [6.07, 6.45) is 8.94. The Morgan fingerprint density at radius 2 is 1.81 bits per heavy atom. The van der Waals surface area contributed by atoms with Crippen LogP contribution in [-0.4, -0.2) is 85.8 Å². The Labute approximate surface area is 272 Å². The van der Waals surface area contributed by atoms with Crippen LogP contribution in [0.3, 0.4) is 0 Å². The molecule has 0 radical (unpaired) electrons. The van der Waals surface area contributed by atoms with Gasteiger partial charge in [-0.05, 0) is 74.4 Å². The van der Waals surface area contributed by atoms with E-state index in [4.69, 9.17) is 0 Å². The van der Waals surface area contributed by atoms with Crippen molar-refractivity contribution >= 4 is 34.0 Å². The van der Waals surface area contributed by atoms with E-state index in [0.29, 0.717) is 38.5 Å². The zero-order valence-corrected chi connectivity index (χ0v) is 26.6. The lowest BCUT2D eigenvalue weighted by Crippen LogP contribution is -2.63. The number of aromatic amines is 1. The third-order valence-electron chi connectivity index (χ3n) is 11.6. The number of amides is 2. The molecule has 4 aromatic rings. The fraction of sp³-hybridized carbons (Fsp3) is 0.444. The van der Waals surface area contributed by atoms with Crippen LogP contribution in [0.4, 0.5) is 5.69 Å². The molecule has 2 bridgehead atoms. The third-order valence-corrected chi connectivity index (χ3v) is 11.6. The molecule has 0 unspecified atom stereocenters. The maximum atomic E-state index is 14.0. The number of carbonyl (C=O) groups is 2. The number of nitrogens with one attached hydrogen (secondary N) is 1. The second-order valence-corrected chi connectivity index (χ2v) is 14.6. The van der Waals surface area contributed by atoms with E-state index in [1.54, 1.807) is 11.0 Å². The smallest absolute Gasteiger partial charge is 0.237 e. The number of hydrogen-bond acceptors (Lipinski definition) is 7. The van der Waals surface area contributed by atoms with Crippen LogP contribution < -0.4 is 4.90 Å². The summed E-state index contributed by atoms with van der Waals surface area (Å²) >= 11 is 0. The maximum absolute atomic E-state index is 14.0. The second kappa shape index (κ2) is 10.1. The lowest BCUT2D eigenvalue weighted by molar-refractivity contribution is -0.132. The van der Waals surface area contributed by atoms with Gasteiger partial charge in [-0.1, -0.05) is 30.3 Å². The van der Waals surface area contributed by atoms with Gasteiger partial charge in [0, 0.05) is 61.0 Å². The van der Waals surface area contributed by atoms with Crippen molar-refractivity contribution in [3.8, 4) is 17.5 Å². The van der Waals surface area contributed by atoms with Gasteiger partial charge in [0.25, 0.3) is 0 Å². The van der Waals surface area contributed by atoms with Crippen molar-refractivity contribution in [2.75, 3.05) is 44.2 Å². The van der Waals surface area contributed by atoms with Crippen molar-refractivity contribution in [2.24, 2.45) is 17.9 Å². The topological polar surface area (TPSA) is 127 Å². The number of H-pyrrole nitrogens is 1. The zero-order chi connectivity index (χ0) is 32.0. The molecule has 3 saturated carbocycles. The van der Waals surface area contributed by atoms with E-state index < -0.39 is 5.41 Å². The molecule has 3 aliphatic heterocycles. The van der Waals surface area contributed by atoms with E-state index in [2.05, 4.69) is 55.5 Å². The van der Waals surface area contributed by atoms with E-state index in [0.717, 1.165) is 78.5 Å². The number of likely N-dealkylation sites (tertiary alicyclic amines) is 1. The molecule has 3 aliphatic carbocycles. The molecule has 6 aliphatic rings. The Morgan fingerprint density at radius 1 is 1.02 bits per heavy atom. The quantitative estimate of drug-likeness (QED) is 0.342. The molecule has 2 aromatic heterocycles. The molecular weight excluding hydrogens is 590 g/mol. The number of benzene rings is 2. The molecule has 1 N–H and O–H groups in total. The lowest BCUT2D eigenvalue weighted by atomic mass is 9.34. The van der Waals surface area contributed by atoms with Gasteiger partial charge >= 0.3 is 0 Å². The lowest BCUT2D eigenvalue weighted by Gasteiger charge is -2.66. The van der Waals surface area contributed by atoms with Crippen molar-refractivity contribution in [3.63, 3.8) is 0 Å². The SMILES string of the molecule is Cn1cnc(-c2ccc(C3=CCN(C(=O)CN4CC[C@]5(CCN(c6ccc7n[nH]c(C89CC(C#N)(C8)C9)c7c6)C5=O)C4)CC3)cc2)n1. The summed E-state index contributed by atoms with van der Waals surface area (Å²) in [5.41, 5.74) is 5.80. The Hall–Kier alpha value is -4.82. The summed E-state index contributed by atoms with van der Waals surface area (Å²) in [4.78, 5) is 37.7. The van der Waals surface area contributed by atoms with Crippen molar-refractivity contribution < 1.29 is 9.59 Å². The largest absolute Gasteiger partial charge is 0.338 e. The minimum atomic E-state index is -0.437. The number of anilines is 1. The Balaban J connectivity index is 0.825. The predicted octanol–water partition coefficient (Wildman–Crippen LogP) is 4.05. The molecule has 5 fully saturated rings. The number of nitrogens with zero attached hydrogens (tertiary/aromatic N) is 8. The molecule has 2 aromatic carbocycles. The molecule has 1 atom stereocenters. The fourth-order valence-corrected chi connectivity index (χ4v) is 9.03. The number of hydrogen-bond donors (Lipinski definition) is 1. The number of nitriles is 1. The third kappa shape index (κ3) is 4.38. The van der Waals surface area contributed by atoms with Crippen molar-refractivity contribution in [1.82, 2.24) is 34.8 Å². The number of rotatable bonds is 6. The van der Waals surface area contributed by atoms with E-state index in [9.17, 15) is 14.9 Å². The van der Waals surface area contributed by atoms with Crippen LogP contribution in [0.1, 0.15) is 49.8 Å². The summed E-state index contributed by atoms with van der Waals surface area (Å²) in [7, 11) is 1.86. The number of fused-ring (bicyclic) bond motifs is 1. The van der Waals surface area contributed by atoms with Crippen molar-refractivity contribution in [2.45, 2.75) is 43.9 Å². The van der Waals surface area contributed by atoms with Gasteiger partial charge in [0.1, 0.15) is 6.33 Å². The molecule has 11 nitrogen and oxygen atoms in total. The minimum absolute atomic E-state index is 0.0352. The summed E-state index contributed by atoms with van der Waals surface area (Å²) in [5, 5.41) is 22.8. The second-order valence-electron chi connectivity index (χ2n) is 14.6. The van der Waals surface area contributed by atoms with Gasteiger partial charge in [-0.25, -0.2) is 4.98 Å². The number of carbonyl (C=O) groups excluding carboxylic acids is 2. The first-order chi connectivity index (χ1) is 22.8. The highest BCUT2D eigenvalue weighted by molar-refractivity contribution is 6.02. The normalized spacial score (nSPS) is 28.4. The highest BCUT2D eigenvalue weighted by Crippen LogP contribution is 2.73. The first-order valence-corrected chi connectivity index (χ1v) is 16.7.